The van der Waals surface area contributed by atoms with Crippen LogP contribution in [0, 0.1) is 18.3 Å². The first-order chi connectivity index (χ1) is 13.4. The molecule has 0 spiro atoms. The second kappa shape index (κ2) is 6.37. The van der Waals surface area contributed by atoms with E-state index in [9.17, 15) is 0 Å². The van der Waals surface area contributed by atoms with Gasteiger partial charge in [-0.3, -0.25) is 4.68 Å². The zero-order chi connectivity index (χ0) is 19.5. The Morgan fingerprint density at radius 3 is 2.86 bits per heavy atom. The van der Waals surface area contributed by atoms with Crippen LogP contribution in [-0.2, 0) is 25.8 Å². The average molecular weight is 395 g/mol. The maximum absolute atomic E-state index is 4.89. The lowest BCUT2D eigenvalue weighted by molar-refractivity contribution is 0.218. The summed E-state index contributed by atoms with van der Waals surface area (Å²) in [6, 6.07) is 2.02. The molecule has 1 atom stereocenters. The van der Waals surface area contributed by atoms with E-state index in [0.717, 1.165) is 53.7 Å². The molecule has 1 aliphatic rings. The number of fused-ring (bicyclic) bond motifs is 5. The Morgan fingerprint density at radius 2 is 2.11 bits per heavy atom. The Bertz CT molecular complexity index is 1160. The number of nitrogens with zero attached hydrogens (tertiary/aromatic N) is 6. The lowest BCUT2D eigenvalue weighted by atomic mass is 9.72. The van der Waals surface area contributed by atoms with Crippen LogP contribution in [0.4, 0.5) is 0 Å². The third-order valence-corrected chi connectivity index (χ3v) is 7.16. The second-order valence-corrected chi connectivity index (χ2v) is 10.1. The molecule has 0 amide bonds. The zero-order valence-electron chi connectivity index (χ0n) is 16.9. The van der Waals surface area contributed by atoms with Crippen molar-refractivity contribution in [1.29, 1.82) is 0 Å². The van der Waals surface area contributed by atoms with Crippen molar-refractivity contribution in [1.82, 2.24) is 29.4 Å². The standard InChI is InChI=1S/C21H26N6S/c1-13-7-9-26(24-13)10-8-17-23-19-18-15-6-5-14(21(2,3)4)11-16(15)28-20(18)22-12-27(19)25-17/h7,9,12,14H,5-6,8,10-11H2,1-4H3/t14-/m0/s1. The van der Waals surface area contributed by atoms with Crippen LogP contribution in [-0.4, -0.2) is 29.4 Å². The van der Waals surface area contributed by atoms with Crippen LogP contribution in [0.15, 0.2) is 18.6 Å². The minimum absolute atomic E-state index is 0.351. The minimum Gasteiger partial charge on any atom is -0.272 e. The number of aryl methyl sites for hydroxylation is 4. The van der Waals surface area contributed by atoms with Crippen molar-refractivity contribution in [3.63, 3.8) is 0 Å². The molecule has 7 heteroatoms. The zero-order valence-corrected chi connectivity index (χ0v) is 17.8. The summed E-state index contributed by atoms with van der Waals surface area (Å²) >= 11 is 1.85. The second-order valence-electron chi connectivity index (χ2n) is 9.00. The fraction of sp³-hybridized carbons (Fsp3) is 0.524. The summed E-state index contributed by atoms with van der Waals surface area (Å²) in [5.41, 5.74) is 3.81. The molecule has 28 heavy (non-hydrogen) atoms. The molecule has 146 valence electrons. The van der Waals surface area contributed by atoms with Crippen molar-refractivity contribution < 1.29 is 0 Å². The predicted octanol–water partition coefficient (Wildman–Crippen LogP) is 4.24. The third-order valence-electron chi connectivity index (χ3n) is 5.99. The summed E-state index contributed by atoms with van der Waals surface area (Å²) < 4.78 is 3.81. The molecule has 6 nitrogen and oxygen atoms in total. The van der Waals surface area contributed by atoms with Crippen molar-refractivity contribution in [2.24, 2.45) is 11.3 Å². The first kappa shape index (κ1) is 17.8. The van der Waals surface area contributed by atoms with Gasteiger partial charge in [0.2, 0.25) is 0 Å². The van der Waals surface area contributed by atoms with Gasteiger partial charge in [-0.15, -0.1) is 16.4 Å². The maximum atomic E-state index is 4.89. The van der Waals surface area contributed by atoms with E-state index in [0.29, 0.717) is 5.41 Å². The Kier molecular flexibility index (Phi) is 4.05. The van der Waals surface area contributed by atoms with Gasteiger partial charge in [0.05, 0.1) is 11.1 Å². The van der Waals surface area contributed by atoms with Crippen molar-refractivity contribution in [2.45, 2.75) is 59.9 Å². The Morgan fingerprint density at radius 1 is 1.25 bits per heavy atom. The van der Waals surface area contributed by atoms with Gasteiger partial charge in [0.25, 0.3) is 0 Å². The summed E-state index contributed by atoms with van der Waals surface area (Å²) in [5, 5.41) is 10.3. The van der Waals surface area contributed by atoms with Crippen LogP contribution in [0.2, 0.25) is 0 Å². The van der Waals surface area contributed by atoms with Crippen molar-refractivity contribution in [3.8, 4) is 0 Å². The summed E-state index contributed by atoms with van der Waals surface area (Å²) in [6.45, 7) is 9.87. The van der Waals surface area contributed by atoms with Crippen molar-refractivity contribution >= 4 is 27.2 Å². The number of thiophene rings is 1. The smallest absolute Gasteiger partial charge is 0.167 e. The Labute approximate surface area is 168 Å². The van der Waals surface area contributed by atoms with Gasteiger partial charge in [-0.05, 0) is 49.1 Å². The van der Waals surface area contributed by atoms with Gasteiger partial charge in [-0.2, -0.15) is 5.10 Å². The van der Waals surface area contributed by atoms with Crippen LogP contribution in [0.3, 0.4) is 0 Å². The highest BCUT2D eigenvalue weighted by Crippen LogP contribution is 2.43. The van der Waals surface area contributed by atoms with E-state index in [1.165, 1.54) is 22.2 Å². The van der Waals surface area contributed by atoms with E-state index >= 15 is 0 Å². The minimum atomic E-state index is 0.351. The molecule has 4 aromatic heterocycles. The van der Waals surface area contributed by atoms with Crippen molar-refractivity contribution in [3.05, 3.63) is 40.5 Å². The highest BCUT2D eigenvalue weighted by atomic mass is 32.1. The molecular weight excluding hydrogens is 368 g/mol. The molecule has 0 radical (unpaired) electrons. The number of hydrogen-bond donors (Lipinski definition) is 0. The fourth-order valence-electron chi connectivity index (χ4n) is 4.27. The van der Waals surface area contributed by atoms with E-state index in [4.69, 9.17) is 9.97 Å². The highest BCUT2D eigenvalue weighted by molar-refractivity contribution is 7.19. The molecular formula is C21H26N6S. The van der Waals surface area contributed by atoms with Gasteiger partial charge in [-0.25, -0.2) is 14.5 Å². The quantitative estimate of drug-likeness (QED) is 0.521. The molecule has 0 saturated carbocycles. The van der Waals surface area contributed by atoms with E-state index < -0.39 is 0 Å². The van der Waals surface area contributed by atoms with Crippen LogP contribution in [0.25, 0.3) is 15.9 Å². The molecule has 4 heterocycles. The fourth-order valence-corrected chi connectivity index (χ4v) is 5.53. The predicted molar refractivity (Wildman–Crippen MR) is 112 cm³/mol. The van der Waals surface area contributed by atoms with E-state index in [-0.39, 0.29) is 0 Å². The molecule has 0 aromatic carbocycles. The van der Waals surface area contributed by atoms with Crippen LogP contribution >= 0.6 is 11.3 Å². The largest absolute Gasteiger partial charge is 0.272 e. The van der Waals surface area contributed by atoms with Crippen molar-refractivity contribution in [2.75, 3.05) is 0 Å². The molecule has 0 fully saturated rings. The molecule has 0 bridgehead atoms. The monoisotopic (exact) mass is 394 g/mol. The van der Waals surface area contributed by atoms with Crippen LogP contribution in [0.5, 0.6) is 0 Å². The van der Waals surface area contributed by atoms with Gasteiger partial charge < -0.3 is 0 Å². The summed E-state index contributed by atoms with van der Waals surface area (Å²) in [6.07, 6.45) is 8.10. The van der Waals surface area contributed by atoms with Crippen LogP contribution in [0.1, 0.15) is 49.2 Å². The molecule has 5 rings (SSSR count). The number of aromatic nitrogens is 6. The number of rotatable bonds is 3. The topological polar surface area (TPSA) is 60.9 Å². The summed E-state index contributed by atoms with van der Waals surface area (Å²) in [4.78, 5) is 12.2. The first-order valence-corrected chi connectivity index (χ1v) is 10.8. The summed E-state index contributed by atoms with van der Waals surface area (Å²) in [5.74, 6) is 1.58. The van der Waals surface area contributed by atoms with E-state index in [2.05, 4.69) is 31.0 Å². The van der Waals surface area contributed by atoms with Gasteiger partial charge in [0.1, 0.15) is 11.2 Å². The molecule has 1 aliphatic carbocycles. The maximum Gasteiger partial charge on any atom is 0.167 e. The molecule has 0 saturated heterocycles. The van der Waals surface area contributed by atoms with Crippen LogP contribution < -0.4 is 0 Å². The van der Waals surface area contributed by atoms with E-state index in [1.54, 1.807) is 0 Å². The Balaban J connectivity index is 1.49. The molecule has 0 N–H and O–H groups in total. The average Bonchev–Trinajstić information content (AvgIpc) is 3.33. The first-order valence-electron chi connectivity index (χ1n) is 10.0. The molecule has 4 aromatic rings. The molecule has 0 aliphatic heterocycles. The SMILES string of the molecule is Cc1ccn(CCc2nc3c4c5c(sc4ncn3n2)C[C@@H](C(C)(C)C)CC5)n1. The number of hydrogen-bond acceptors (Lipinski definition) is 5. The third kappa shape index (κ3) is 3.02. The normalized spacial score (nSPS) is 17.5. The summed E-state index contributed by atoms with van der Waals surface area (Å²) in [7, 11) is 0. The van der Waals surface area contributed by atoms with Gasteiger partial charge in [0, 0.05) is 24.0 Å². The molecule has 0 unspecified atom stereocenters. The Hall–Kier alpha value is -2.28. The van der Waals surface area contributed by atoms with Gasteiger partial charge >= 0.3 is 0 Å². The lowest BCUT2D eigenvalue weighted by Gasteiger charge is -2.33. The van der Waals surface area contributed by atoms with Gasteiger partial charge in [0.15, 0.2) is 11.5 Å². The van der Waals surface area contributed by atoms with Gasteiger partial charge in [-0.1, -0.05) is 20.8 Å². The highest BCUT2D eigenvalue weighted by Gasteiger charge is 2.31. The lowest BCUT2D eigenvalue weighted by Crippen LogP contribution is -2.26. The van der Waals surface area contributed by atoms with E-state index in [1.807, 2.05) is 46.0 Å².